The van der Waals surface area contributed by atoms with Crippen LogP contribution in [0.1, 0.15) is 134 Å². The Labute approximate surface area is 770 Å². The van der Waals surface area contributed by atoms with E-state index in [2.05, 4.69) is 79.5 Å². The van der Waals surface area contributed by atoms with E-state index in [1.165, 1.54) is 0 Å². The van der Waals surface area contributed by atoms with Crippen molar-refractivity contribution in [1.29, 1.82) is 0 Å². The highest BCUT2D eigenvalue weighted by Gasteiger charge is 2.34. The third-order valence-corrected chi connectivity index (χ3v) is 22.0. The third kappa shape index (κ3) is 28.4. The molecule has 12 N–H and O–H groups in total. The van der Waals surface area contributed by atoms with Crippen LogP contribution in [0.2, 0.25) is 0 Å². The second kappa shape index (κ2) is 51.2. The van der Waals surface area contributed by atoms with Gasteiger partial charge in [-0.25, -0.2) is 19.2 Å². The Hall–Kier alpha value is -14.3. The first kappa shape index (κ1) is 101. The van der Waals surface area contributed by atoms with E-state index < -0.39 is 48.4 Å². The molecule has 4 aliphatic heterocycles. The standard InChI is InChI=1S/C30H31N3O5.C24H26N4O4.C20H21NO4.C15H21N3O3.C10H12N2O2.2CH4/c1-2-7-27(29(35)31-20-12-14-21(15-13-20)33-16-17-37-19-28(33)34)32-30(36)38-18-26-24-10-5-3-8-22(24)23-9-4-6-11-25(23)26;1-3-5-21(27-24(31)26-19-8-6-17(4-2)7-9-19)23(30)25-18-10-12-20(13-11-18)28-14-15-32-16-22(28)29;1-2-7-18(19(22)23)21-20(24)25-12-17-15-10-5-3-8-13(15)14-9-4-6-11-16(14)17;1-2-3-13(16)15(20)17-11-4-6-12(7-5-11)18-8-9-21-10-14(18)19;11-8-1-3-9(4-2-8)12-5-6-14-7-10(12)13;;/h3-6,8-15,26-27H,2,7,16-19H2,1H3,(H,31,35)(H,32,36);2,6-13,21H,3,5,14-16H2,1H3,(H,25,30)(H2,26,27,31);3-6,8-11,17-18H,2,7,12H2,1H3,(H,21,24)(H,22,23);4-7,13H,2-3,8-10,16H2,1H3,(H,17,20);1-4H,5-7,11H2;2*1H4/t27-;21-;18-;13-;;;/m1111.../s1. The number of alkyl carbamates (subject to hydrolysis) is 2. The lowest BCUT2D eigenvalue weighted by Gasteiger charge is -2.27. The first-order valence-electron chi connectivity index (χ1n) is 43.5. The maximum Gasteiger partial charge on any atom is 0.407 e. The number of carboxylic acid groups (broad SMARTS) is 1. The van der Waals surface area contributed by atoms with Crippen LogP contribution in [0, 0.1) is 12.3 Å². The first-order chi connectivity index (χ1) is 63.0. The fraction of sp³-hybridized carbons (Fsp3) is 0.337. The number of carboxylic acids is 1. The second-order valence-electron chi connectivity index (χ2n) is 31.1. The molecule has 132 heavy (non-hydrogen) atoms. The predicted octanol–water partition coefficient (Wildman–Crippen LogP) is 14.5. The largest absolute Gasteiger partial charge is 0.480 e. The van der Waals surface area contributed by atoms with E-state index in [0.717, 1.165) is 73.7 Å². The number of nitrogens with one attached hydrogen (secondary N) is 7. The number of carbonyl (C=O) groups is 11. The number of benzene rings is 9. The third-order valence-electron chi connectivity index (χ3n) is 22.0. The summed E-state index contributed by atoms with van der Waals surface area (Å²) in [6.45, 7) is 12.8. The summed E-state index contributed by atoms with van der Waals surface area (Å²) in [6, 6.07) is 64.4. The zero-order valence-corrected chi connectivity index (χ0v) is 73.2. The van der Waals surface area contributed by atoms with Gasteiger partial charge < -0.3 is 102 Å². The molecule has 0 aromatic heterocycles. The van der Waals surface area contributed by atoms with Crippen LogP contribution < -0.4 is 68.3 Å². The number of ether oxygens (including phenoxy) is 6. The summed E-state index contributed by atoms with van der Waals surface area (Å²) in [5, 5.41) is 28.2. The number of nitrogens with zero attached hydrogens (tertiary/aromatic N) is 4. The molecule has 0 radical (unpaired) electrons. The molecule has 9 aromatic carbocycles. The minimum Gasteiger partial charge on any atom is -0.480 e. The molecule has 4 saturated heterocycles. The smallest absolute Gasteiger partial charge is 0.407 e. The molecular weight excluding hydrogens is 1680 g/mol. The topological polar surface area (TPSA) is 413 Å². The lowest BCUT2D eigenvalue weighted by atomic mass is 9.98. The van der Waals surface area contributed by atoms with Gasteiger partial charge in [0, 0.05) is 94.8 Å². The van der Waals surface area contributed by atoms with E-state index in [1.807, 2.05) is 113 Å². The van der Waals surface area contributed by atoms with Crippen LogP contribution >= 0.6 is 0 Å². The summed E-state index contributed by atoms with van der Waals surface area (Å²) in [4.78, 5) is 140. The highest BCUT2D eigenvalue weighted by molar-refractivity contribution is 6.02. The number of nitrogen functional groups attached to an aromatic ring is 1. The van der Waals surface area contributed by atoms with Gasteiger partial charge in [-0.2, -0.15) is 0 Å². The van der Waals surface area contributed by atoms with Crippen molar-refractivity contribution in [2.45, 2.75) is 130 Å². The summed E-state index contributed by atoms with van der Waals surface area (Å²) in [6.07, 6.45) is 8.96. The van der Waals surface area contributed by atoms with Gasteiger partial charge in [-0.05, 0) is 192 Å². The zero-order valence-electron chi connectivity index (χ0n) is 73.2. The van der Waals surface area contributed by atoms with Crippen molar-refractivity contribution < 1.29 is 86.3 Å². The fourth-order valence-electron chi connectivity index (χ4n) is 15.3. The number of rotatable bonds is 27. The summed E-state index contributed by atoms with van der Waals surface area (Å²) in [7, 11) is 0. The number of aliphatic carboxylic acids is 1. The van der Waals surface area contributed by atoms with Crippen molar-refractivity contribution in [1.82, 2.24) is 16.0 Å². The molecule has 696 valence electrons. The SMILES string of the molecule is C.C.C#Cc1ccc(NC(=O)N[C@H](CCC)C(=O)Nc2ccc(N3CCOCC3=O)cc2)cc1.CCC[C@@H](N)C(=O)Nc1ccc(N2CCOCC2=O)cc1.CCC[C@@H](NC(=O)OCC1c2ccccc2-c2ccccc21)C(=O)Nc1ccc(N2CCOCC2=O)cc1.CCC[C@@H](NC(=O)OCC1c2ccccc2-c2ccccc21)C(=O)O.Nc1ccc(N2CCOCC2=O)cc1. The Balaban J connectivity index is 0.000000191. The maximum absolute atomic E-state index is 13.0. The fourth-order valence-corrected chi connectivity index (χ4v) is 15.3. The highest BCUT2D eigenvalue weighted by Crippen LogP contribution is 2.46. The number of nitrogens with two attached hydrogens (primary N) is 2. The number of terminal acetylenes is 1. The molecule has 4 atom stereocenters. The van der Waals surface area contributed by atoms with Crippen molar-refractivity contribution in [3.8, 4) is 34.6 Å². The molecule has 9 aromatic rings. The van der Waals surface area contributed by atoms with E-state index in [4.69, 9.17) is 51.4 Å². The molecular formula is C101H119N13O18. The number of urea groups is 1. The minimum absolute atomic E-state index is 0. The van der Waals surface area contributed by atoms with Crippen LogP contribution in [0.4, 0.5) is 65.6 Å². The van der Waals surface area contributed by atoms with E-state index in [0.29, 0.717) is 132 Å². The van der Waals surface area contributed by atoms with Gasteiger partial charge in [0.25, 0.3) is 23.6 Å². The summed E-state index contributed by atoms with van der Waals surface area (Å²) in [5.41, 5.74) is 27.5. The molecule has 0 spiro atoms. The van der Waals surface area contributed by atoms with Gasteiger partial charge in [-0.1, -0.05) is 171 Å². The van der Waals surface area contributed by atoms with Crippen molar-refractivity contribution >= 4 is 117 Å². The number of morpholine rings is 4. The monoisotopic (exact) mass is 1800 g/mol. The molecule has 31 nitrogen and oxygen atoms in total. The molecule has 0 bridgehead atoms. The van der Waals surface area contributed by atoms with E-state index in [-0.39, 0.29) is 108 Å². The molecule has 0 saturated carbocycles. The van der Waals surface area contributed by atoms with Crippen LogP contribution in [0.3, 0.4) is 0 Å². The Bertz CT molecular complexity index is 5330. The van der Waals surface area contributed by atoms with Gasteiger partial charge >= 0.3 is 24.2 Å². The first-order valence-corrected chi connectivity index (χ1v) is 43.5. The predicted molar refractivity (Wildman–Crippen MR) is 512 cm³/mol. The number of hydrogen-bond donors (Lipinski definition) is 10. The van der Waals surface area contributed by atoms with Crippen molar-refractivity contribution in [2.75, 3.05) is 139 Å². The second-order valence-corrected chi connectivity index (χ2v) is 31.1. The lowest BCUT2D eigenvalue weighted by molar-refractivity contribution is -0.139. The van der Waals surface area contributed by atoms with Crippen LogP contribution in [-0.2, 0) is 66.8 Å². The quantitative estimate of drug-likeness (QED) is 0.0169. The average Bonchev–Trinajstić information content (AvgIpc) is 1.62. The molecule has 4 heterocycles. The van der Waals surface area contributed by atoms with Gasteiger partial charge in [-0.15, -0.1) is 6.42 Å². The normalized spacial score (nSPS) is 14.9. The Morgan fingerprint density at radius 3 is 1.01 bits per heavy atom. The number of anilines is 9. The van der Waals surface area contributed by atoms with Crippen LogP contribution in [0.15, 0.2) is 218 Å². The van der Waals surface area contributed by atoms with Gasteiger partial charge in [0.1, 0.15) is 57.8 Å². The van der Waals surface area contributed by atoms with Gasteiger partial charge in [0.05, 0.1) is 32.5 Å². The maximum atomic E-state index is 13.0. The van der Waals surface area contributed by atoms with Crippen LogP contribution in [-0.4, -0.2) is 187 Å². The number of carbonyl (C=O) groups excluding carboxylic acids is 10. The van der Waals surface area contributed by atoms with E-state index in [1.54, 1.807) is 117 Å². The lowest BCUT2D eigenvalue weighted by Crippen LogP contribution is -2.45. The average molecular weight is 1800 g/mol. The number of fused-ring (bicyclic) bond motifs is 6. The molecule has 4 fully saturated rings. The van der Waals surface area contributed by atoms with Crippen molar-refractivity contribution in [3.63, 3.8) is 0 Å². The Morgan fingerprint density at radius 1 is 0.402 bits per heavy atom. The summed E-state index contributed by atoms with van der Waals surface area (Å²) in [5.74, 6) is 0.306. The zero-order chi connectivity index (χ0) is 92.4. The van der Waals surface area contributed by atoms with Gasteiger partial charge in [0.15, 0.2) is 0 Å². The van der Waals surface area contributed by atoms with Gasteiger partial charge in [0.2, 0.25) is 17.7 Å². The molecule has 2 aliphatic carbocycles. The molecule has 6 aliphatic rings. The highest BCUT2D eigenvalue weighted by atomic mass is 16.6. The van der Waals surface area contributed by atoms with Crippen LogP contribution in [0.25, 0.3) is 22.3 Å². The molecule has 31 heteroatoms. The molecule has 15 rings (SSSR count). The van der Waals surface area contributed by atoms with E-state index >= 15 is 0 Å². The van der Waals surface area contributed by atoms with Crippen molar-refractivity contribution in [3.05, 3.63) is 246 Å². The summed E-state index contributed by atoms with van der Waals surface area (Å²) >= 11 is 0. The Morgan fingerprint density at radius 2 is 0.689 bits per heavy atom. The van der Waals surface area contributed by atoms with E-state index in [9.17, 15) is 52.7 Å². The Kier molecular flexibility index (Phi) is 39.3. The van der Waals surface area contributed by atoms with Crippen LogP contribution in [0.5, 0.6) is 0 Å². The number of amides is 11. The minimum atomic E-state index is -1.05. The summed E-state index contributed by atoms with van der Waals surface area (Å²) < 4.78 is 31.4. The van der Waals surface area contributed by atoms with Crippen molar-refractivity contribution in [2.24, 2.45) is 5.73 Å². The molecule has 11 amide bonds. The molecule has 0 unspecified atom stereocenters. The number of hydrogen-bond acceptors (Lipinski definition) is 19. The van der Waals surface area contributed by atoms with Gasteiger partial charge in [-0.3, -0.25) is 33.6 Å².